The Labute approximate surface area is 68.3 Å². The fourth-order valence-electron chi connectivity index (χ4n) is 1.31. The second-order valence-corrected chi connectivity index (χ2v) is 3.41. The van der Waals surface area contributed by atoms with E-state index in [1.807, 2.05) is 0 Å². The Balaban J connectivity index is 2.51. The van der Waals surface area contributed by atoms with E-state index in [0.717, 1.165) is 6.42 Å². The van der Waals surface area contributed by atoms with Crippen molar-refractivity contribution in [1.82, 2.24) is 0 Å². The zero-order chi connectivity index (χ0) is 7.61. The third-order valence-electron chi connectivity index (χ3n) is 1.98. The van der Waals surface area contributed by atoms with Crippen LogP contribution in [0.1, 0.15) is 19.3 Å². The summed E-state index contributed by atoms with van der Waals surface area (Å²) in [6.07, 6.45) is 1.67. The third-order valence-corrected chi connectivity index (χ3v) is 2.98. The van der Waals surface area contributed by atoms with Crippen LogP contribution in [0.25, 0.3) is 0 Å². The number of hydrogen-bond acceptors (Lipinski definition) is 1. The Morgan fingerprint density at radius 1 is 1.80 bits per heavy atom. The summed E-state index contributed by atoms with van der Waals surface area (Å²) in [6.45, 7) is 0. The molecule has 1 rings (SSSR count). The summed E-state index contributed by atoms with van der Waals surface area (Å²) < 4.78 is 13.3. The van der Waals surface area contributed by atoms with E-state index in [4.69, 9.17) is 5.26 Å². The molecule has 1 saturated carbocycles. The summed E-state index contributed by atoms with van der Waals surface area (Å²) in [5, 5.41) is 8.83. The molecule has 0 saturated heterocycles. The fraction of sp³-hybridized carbons (Fsp3) is 0.857. The largest absolute Gasteiger partial charge is 0.243 e. The zero-order valence-corrected chi connectivity index (χ0v) is 7.19. The van der Waals surface area contributed by atoms with Gasteiger partial charge in [-0.25, -0.2) is 4.39 Å². The third kappa shape index (κ3) is 1.49. The predicted molar refractivity (Wildman–Crippen MR) is 40.6 cm³/mol. The van der Waals surface area contributed by atoms with Crippen molar-refractivity contribution in [3.8, 4) is 6.07 Å². The van der Waals surface area contributed by atoms with E-state index in [2.05, 4.69) is 22.0 Å². The van der Waals surface area contributed by atoms with Gasteiger partial charge in [0.05, 0.1) is 6.07 Å². The molecule has 3 heteroatoms. The number of halogens is 2. The molecule has 1 aliphatic rings. The lowest BCUT2D eigenvalue weighted by Gasteiger charge is -2.13. The first kappa shape index (κ1) is 8.00. The molecule has 1 nitrogen and oxygen atoms in total. The molecule has 0 radical (unpaired) electrons. The SMILES string of the molecule is N#CC1CC[C@](F)(CBr)C1. The maximum Gasteiger partial charge on any atom is 0.122 e. The maximum absolute atomic E-state index is 13.3. The molecule has 0 spiro atoms. The highest BCUT2D eigenvalue weighted by molar-refractivity contribution is 9.09. The van der Waals surface area contributed by atoms with Crippen molar-refractivity contribution < 1.29 is 4.39 Å². The summed E-state index contributed by atoms with van der Waals surface area (Å²) in [6, 6.07) is 2.09. The van der Waals surface area contributed by atoms with Crippen LogP contribution >= 0.6 is 15.9 Å². The lowest BCUT2D eigenvalue weighted by Crippen LogP contribution is -2.19. The summed E-state index contributed by atoms with van der Waals surface area (Å²) in [5.74, 6) is -0.0532. The van der Waals surface area contributed by atoms with Gasteiger partial charge in [0.2, 0.25) is 0 Å². The van der Waals surface area contributed by atoms with Crippen LogP contribution in [-0.4, -0.2) is 11.0 Å². The van der Waals surface area contributed by atoms with Gasteiger partial charge in [0.15, 0.2) is 0 Å². The van der Waals surface area contributed by atoms with E-state index in [0.29, 0.717) is 18.2 Å². The monoisotopic (exact) mass is 205 g/mol. The summed E-state index contributed by atoms with van der Waals surface area (Å²) >= 11 is 3.10. The van der Waals surface area contributed by atoms with Crippen LogP contribution in [0, 0.1) is 17.2 Å². The molecule has 0 bridgehead atoms. The van der Waals surface area contributed by atoms with Crippen molar-refractivity contribution in [1.29, 1.82) is 5.26 Å². The van der Waals surface area contributed by atoms with Crippen LogP contribution in [0.4, 0.5) is 4.39 Å². The first-order valence-electron chi connectivity index (χ1n) is 3.35. The molecule has 56 valence electrons. The second-order valence-electron chi connectivity index (χ2n) is 2.85. The number of nitriles is 1. The van der Waals surface area contributed by atoms with Gasteiger partial charge in [0.1, 0.15) is 5.67 Å². The van der Waals surface area contributed by atoms with Crippen LogP contribution < -0.4 is 0 Å². The lowest BCUT2D eigenvalue weighted by atomic mass is 10.1. The molecular weight excluding hydrogens is 197 g/mol. The molecular formula is C7H9BrFN. The molecule has 0 amide bonds. The maximum atomic E-state index is 13.3. The first-order valence-corrected chi connectivity index (χ1v) is 4.47. The molecule has 0 heterocycles. The summed E-state index contributed by atoms with van der Waals surface area (Å²) in [5.41, 5.74) is -1.10. The summed E-state index contributed by atoms with van der Waals surface area (Å²) in [4.78, 5) is 0. The minimum atomic E-state index is -1.10. The van der Waals surface area contributed by atoms with E-state index in [9.17, 15) is 4.39 Å². The summed E-state index contributed by atoms with van der Waals surface area (Å²) in [7, 11) is 0. The molecule has 1 unspecified atom stereocenters. The second kappa shape index (κ2) is 2.87. The van der Waals surface area contributed by atoms with Gasteiger partial charge in [-0.15, -0.1) is 0 Å². The van der Waals surface area contributed by atoms with Gasteiger partial charge in [0, 0.05) is 11.2 Å². The highest BCUT2D eigenvalue weighted by atomic mass is 79.9. The highest BCUT2D eigenvalue weighted by Gasteiger charge is 2.38. The zero-order valence-electron chi connectivity index (χ0n) is 5.61. The molecule has 1 aliphatic carbocycles. The minimum absolute atomic E-state index is 0.0532. The minimum Gasteiger partial charge on any atom is -0.243 e. The van der Waals surface area contributed by atoms with E-state index in [1.54, 1.807) is 0 Å². The van der Waals surface area contributed by atoms with Crippen molar-refractivity contribution in [2.24, 2.45) is 5.92 Å². The molecule has 0 aromatic rings. The molecule has 1 fully saturated rings. The standard InChI is InChI=1S/C7H9BrFN/c8-5-7(9)2-1-6(3-7)4-10/h6H,1-3,5H2/t6?,7-/m1/s1. The van der Waals surface area contributed by atoms with Crippen LogP contribution in [0.15, 0.2) is 0 Å². The number of hydrogen-bond donors (Lipinski definition) is 0. The van der Waals surface area contributed by atoms with Crippen molar-refractivity contribution in [3.05, 3.63) is 0 Å². The number of rotatable bonds is 1. The lowest BCUT2D eigenvalue weighted by molar-refractivity contribution is 0.204. The van der Waals surface area contributed by atoms with Crippen molar-refractivity contribution >= 4 is 15.9 Å². The topological polar surface area (TPSA) is 23.8 Å². The highest BCUT2D eigenvalue weighted by Crippen LogP contribution is 2.38. The molecule has 0 aromatic heterocycles. The Hall–Kier alpha value is -0.100. The van der Waals surface area contributed by atoms with Crippen molar-refractivity contribution in [2.45, 2.75) is 24.9 Å². The fourth-order valence-corrected chi connectivity index (χ4v) is 1.82. The van der Waals surface area contributed by atoms with E-state index in [1.165, 1.54) is 0 Å². The molecule has 10 heavy (non-hydrogen) atoms. The Bertz CT molecular complexity index is 165. The molecule has 0 aromatic carbocycles. The number of nitrogens with zero attached hydrogens (tertiary/aromatic N) is 1. The normalized spacial score (nSPS) is 39.5. The van der Waals surface area contributed by atoms with Crippen molar-refractivity contribution in [2.75, 3.05) is 5.33 Å². The van der Waals surface area contributed by atoms with Gasteiger partial charge in [-0.3, -0.25) is 0 Å². The quantitative estimate of drug-likeness (QED) is 0.604. The van der Waals surface area contributed by atoms with Crippen LogP contribution in [0.5, 0.6) is 0 Å². The first-order chi connectivity index (χ1) is 4.70. The molecule has 0 aliphatic heterocycles. The number of alkyl halides is 2. The average molecular weight is 206 g/mol. The van der Waals surface area contributed by atoms with Gasteiger partial charge < -0.3 is 0 Å². The van der Waals surface area contributed by atoms with Gasteiger partial charge in [-0.1, -0.05) is 15.9 Å². The van der Waals surface area contributed by atoms with E-state index >= 15 is 0 Å². The van der Waals surface area contributed by atoms with Crippen LogP contribution in [0.3, 0.4) is 0 Å². The van der Waals surface area contributed by atoms with Gasteiger partial charge in [0.25, 0.3) is 0 Å². The Kier molecular flexibility index (Phi) is 2.30. The molecule has 0 N–H and O–H groups in total. The van der Waals surface area contributed by atoms with Crippen LogP contribution in [-0.2, 0) is 0 Å². The Morgan fingerprint density at radius 2 is 2.50 bits per heavy atom. The van der Waals surface area contributed by atoms with E-state index < -0.39 is 5.67 Å². The predicted octanol–water partition coefficient (Wildman–Crippen LogP) is 2.41. The Morgan fingerprint density at radius 3 is 2.80 bits per heavy atom. The van der Waals surface area contributed by atoms with Crippen molar-refractivity contribution in [3.63, 3.8) is 0 Å². The average Bonchev–Trinajstić information content (AvgIpc) is 2.33. The van der Waals surface area contributed by atoms with Crippen LogP contribution in [0.2, 0.25) is 0 Å². The van der Waals surface area contributed by atoms with E-state index in [-0.39, 0.29) is 5.92 Å². The smallest absolute Gasteiger partial charge is 0.122 e. The van der Waals surface area contributed by atoms with Gasteiger partial charge in [-0.05, 0) is 19.3 Å². The van der Waals surface area contributed by atoms with Gasteiger partial charge >= 0.3 is 0 Å². The molecule has 2 atom stereocenters. The van der Waals surface area contributed by atoms with Gasteiger partial charge in [-0.2, -0.15) is 5.26 Å².